The van der Waals surface area contributed by atoms with Crippen molar-refractivity contribution >= 4 is 37.7 Å². The molecular weight excluding hydrogens is 607 g/mol. The van der Waals surface area contributed by atoms with Crippen LogP contribution in [0.25, 0.3) is 32.8 Å². The van der Waals surface area contributed by atoms with Gasteiger partial charge >= 0.3 is 5.97 Å². The Morgan fingerprint density at radius 1 is 1.00 bits per heavy atom. The molecule has 1 aliphatic heterocycles. The van der Waals surface area contributed by atoms with E-state index in [1.54, 1.807) is 29.3 Å². The highest BCUT2D eigenvalue weighted by atomic mass is 32.2. The van der Waals surface area contributed by atoms with Gasteiger partial charge in [0.1, 0.15) is 17.3 Å². The molecule has 242 valence electrons. The molecule has 0 amide bonds. The number of hydrogen-bond acceptors (Lipinski definition) is 6. The van der Waals surface area contributed by atoms with Crippen LogP contribution in [-0.2, 0) is 47.7 Å². The molecule has 0 saturated carbocycles. The smallest absolute Gasteiger partial charge is 0.355 e. The normalized spacial score (nSPS) is 15.1. The third kappa shape index (κ3) is 5.66. The Balaban J connectivity index is 1.50. The summed E-state index contributed by atoms with van der Waals surface area (Å²) >= 11 is 0. The zero-order valence-corrected chi connectivity index (χ0v) is 27.5. The summed E-state index contributed by atoms with van der Waals surface area (Å²) in [4.78, 5) is 13.7. The molecule has 0 saturated heterocycles. The lowest BCUT2D eigenvalue weighted by atomic mass is 9.96. The summed E-state index contributed by atoms with van der Waals surface area (Å²) in [5.74, 6) is -0.326. The van der Waals surface area contributed by atoms with Gasteiger partial charge in [-0.2, -0.15) is 9.40 Å². The maximum atomic E-state index is 16.2. The first-order chi connectivity index (χ1) is 22.2. The van der Waals surface area contributed by atoms with Gasteiger partial charge in [-0.1, -0.05) is 43.3 Å². The summed E-state index contributed by atoms with van der Waals surface area (Å²) in [6.07, 6.45) is 1.83. The number of carbonyl (C=O) groups excluding carboxylic acids is 1. The first-order valence-corrected chi connectivity index (χ1v) is 17.4. The fourth-order valence-electron chi connectivity index (χ4n) is 6.69. The van der Waals surface area contributed by atoms with Crippen LogP contribution in [0.1, 0.15) is 54.1 Å². The van der Waals surface area contributed by atoms with Crippen LogP contribution in [0, 0.1) is 5.82 Å². The molecule has 0 fully saturated rings. The molecule has 2 aromatic heterocycles. The molecule has 5 aromatic rings. The van der Waals surface area contributed by atoms with Gasteiger partial charge in [0.15, 0.2) is 0 Å². The number of rotatable bonds is 8. The van der Waals surface area contributed by atoms with Gasteiger partial charge in [-0.15, -0.1) is 0 Å². The monoisotopic (exact) mass is 646 g/mol. The summed E-state index contributed by atoms with van der Waals surface area (Å²) in [6.45, 7) is 4.47. The topological polar surface area (TPSA) is 95.7 Å². The highest BCUT2D eigenvalue weighted by Crippen LogP contribution is 2.41. The molecule has 1 aliphatic rings. The number of sulfonamides is 1. The number of benzene rings is 3. The fraction of sp³-hybridized carbons (Fsp3) is 0.371. The second-order valence-corrected chi connectivity index (χ2v) is 13.8. The van der Waals surface area contributed by atoms with Gasteiger partial charge in [-0.05, 0) is 61.8 Å². The van der Waals surface area contributed by atoms with E-state index in [4.69, 9.17) is 9.47 Å². The first kappa shape index (κ1) is 31.7. The minimum atomic E-state index is -3.65. The molecule has 0 atom stereocenters. The molecule has 0 unspecified atom stereocenters. The van der Waals surface area contributed by atoms with Crippen molar-refractivity contribution in [2.24, 2.45) is 7.05 Å². The summed E-state index contributed by atoms with van der Waals surface area (Å²) < 4.78 is 59.3. The van der Waals surface area contributed by atoms with E-state index in [-0.39, 0.29) is 31.9 Å². The van der Waals surface area contributed by atoms with Crippen LogP contribution in [-0.4, -0.2) is 59.1 Å². The van der Waals surface area contributed by atoms with Crippen LogP contribution >= 0.6 is 0 Å². The number of ether oxygens (including phenoxy) is 2. The lowest BCUT2D eigenvalue weighted by Crippen LogP contribution is -2.29. The van der Waals surface area contributed by atoms with Crippen molar-refractivity contribution < 1.29 is 27.1 Å². The minimum Gasteiger partial charge on any atom is -0.493 e. The number of halogens is 1. The van der Waals surface area contributed by atoms with Crippen molar-refractivity contribution in [2.75, 3.05) is 26.0 Å². The molecule has 3 heterocycles. The predicted molar refractivity (Wildman–Crippen MR) is 177 cm³/mol. The second-order valence-electron chi connectivity index (χ2n) is 11.6. The van der Waals surface area contributed by atoms with Crippen LogP contribution in [0.3, 0.4) is 0 Å². The molecule has 0 aliphatic carbocycles. The van der Waals surface area contributed by atoms with E-state index in [0.717, 1.165) is 33.2 Å². The van der Waals surface area contributed by atoms with E-state index in [1.807, 2.05) is 49.4 Å². The summed E-state index contributed by atoms with van der Waals surface area (Å²) in [5.41, 5.74) is 3.75. The van der Waals surface area contributed by atoms with Crippen molar-refractivity contribution in [3.8, 4) is 16.9 Å². The van der Waals surface area contributed by atoms with Crippen LogP contribution < -0.4 is 4.74 Å². The highest BCUT2D eigenvalue weighted by Gasteiger charge is 2.32. The Hall–Kier alpha value is -4.22. The largest absolute Gasteiger partial charge is 0.493 e. The average molecular weight is 647 g/mol. The number of nitrogens with zero attached hydrogens (tertiary/aromatic N) is 4. The van der Waals surface area contributed by atoms with Gasteiger partial charge in [0, 0.05) is 48.2 Å². The number of aryl methyl sites for hydroxylation is 3. The van der Waals surface area contributed by atoms with Gasteiger partial charge in [0.25, 0.3) is 0 Å². The third-order valence-corrected chi connectivity index (χ3v) is 10.7. The maximum absolute atomic E-state index is 16.2. The third-order valence-electron chi connectivity index (χ3n) is 8.78. The number of carbonyl (C=O) groups is 1. The number of fused-ring (bicyclic) bond motifs is 3. The molecule has 46 heavy (non-hydrogen) atoms. The van der Waals surface area contributed by atoms with Crippen molar-refractivity contribution in [3.05, 3.63) is 83.1 Å². The number of esters is 1. The average Bonchev–Trinajstić information content (AvgIpc) is 3.51. The van der Waals surface area contributed by atoms with Crippen molar-refractivity contribution in [2.45, 2.75) is 52.6 Å². The zero-order valence-electron chi connectivity index (χ0n) is 26.7. The standard InChI is InChI=1S/C35H39FN4O5S/c1-5-29-32-28(37-39(29)4)22-38(3)46(42,43)21-11-19-40-33-26(17-18-27(36)31(32)33)25(34(40)35(41)44-6-2)15-10-20-45-30-16-9-13-23-12-7-8-14-24(23)30/h7-9,12-14,16-18H,5-6,10-11,15,19-22H2,1-4H3. The molecule has 0 bridgehead atoms. The van der Waals surface area contributed by atoms with Crippen molar-refractivity contribution in [3.63, 3.8) is 0 Å². The van der Waals surface area contributed by atoms with Gasteiger partial charge < -0.3 is 14.0 Å². The zero-order chi connectivity index (χ0) is 32.6. The highest BCUT2D eigenvalue weighted by molar-refractivity contribution is 7.89. The van der Waals surface area contributed by atoms with Gasteiger partial charge in [-0.25, -0.2) is 17.6 Å². The fourth-order valence-corrected chi connectivity index (χ4v) is 7.81. The van der Waals surface area contributed by atoms with E-state index in [0.29, 0.717) is 53.9 Å². The van der Waals surface area contributed by atoms with Crippen LogP contribution in [0.2, 0.25) is 0 Å². The molecule has 0 radical (unpaired) electrons. The first-order valence-electron chi connectivity index (χ1n) is 15.8. The SMILES string of the molecule is CCOC(=O)c1c(CCCOc2cccc3ccccc23)c2ccc(F)c3c2n1CCCS(=O)(=O)N(C)Cc1nn(C)c(CC)c1-3. The van der Waals surface area contributed by atoms with E-state index in [9.17, 15) is 13.2 Å². The summed E-state index contributed by atoms with van der Waals surface area (Å²) in [5, 5.41) is 7.52. The Morgan fingerprint density at radius 2 is 1.78 bits per heavy atom. The van der Waals surface area contributed by atoms with Crippen molar-refractivity contribution in [1.82, 2.24) is 18.7 Å². The van der Waals surface area contributed by atoms with Gasteiger partial charge in [0.2, 0.25) is 10.0 Å². The summed E-state index contributed by atoms with van der Waals surface area (Å²) in [6, 6.07) is 17.1. The molecule has 6 rings (SSSR count). The summed E-state index contributed by atoms with van der Waals surface area (Å²) in [7, 11) is -0.337. The van der Waals surface area contributed by atoms with E-state index >= 15 is 4.39 Å². The Morgan fingerprint density at radius 3 is 2.57 bits per heavy atom. The van der Waals surface area contributed by atoms with E-state index in [2.05, 4.69) is 5.10 Å². The Bertz CT molecular complexity index is 2040. The van der Waals surface area contributed by atoms with E-state index < -0.39 is 21.8 Å². The number of aromatic nitrogens is 3. The van der Waals surface area contributed by atoms with Crippen molar-refractivity contribution in [1.29, 1.82) is 0 Å². The molecule has 11 heteroatoms. The Labute approximate surface area is 268 Å². The van der Waals surface area contributed by atoms with Crippen LogP contribution in [0.15, 0.2) is 54.6 Å². The lowest BCUT2D eigenvalue weighted by molar-refractivity contribution is 0.0512. The van der Waals surface area contributed by atoms with E-state index in [1.165, 1.54) is 17.4 Å². The van der Waals surface area contributed by atoms with Gasteiger partial charge in [-0.3, -0.25) is 4.68 Å². The molecular formula is C35H39FN4O5S. The Kier molecular flexibility index (Phi) is 8.89. The molecule has 0 N–H and O–H groups in total. The van der Waals surface area contributed by atoms with Crippen LogP contribution in [0.5, 0.6) is 5.75 Å². The van der Waals surface area contributed by atoms with Crippen LogP contribution in [0.4, 0.5) is 4.39 Å². The number of hydrogen-bond donors (Lipinski definition) is 0. The van der Waals surface area contributed by atoms with Gasteiger partial charge in [0.05, 0.1) is 36.7 Å². The molecule has 0 spiro atoms. The second kappa shape index (κ2) is 12.9. The quantitative estimate of drug-likeness (QED) is 0.146. The molecule has 9 nitrogen and oxygen atoms in total. The maximum Gasteiger partial charge on any atom is 0.355 e. The molecule has 3 aromatic carbocycles. The minimum absolute atomic E-state index is 0.00510. The predicted octanol–water partition coefficient (Wildman–Crippen LogP) is 6.25. The lowest BCUT2D eigenvalue weighted by Gasteiger charge is -2.16.